The van der Waals surface area contributed by atoms with E-state index in [1.54, 1.807) is 14.2 Å². The number of ether oxygens (including phenoxy) is 2. The Kier molecular flexibility index (Phi) is 2.78. The lowest BCUT2D eigenvalue weighted by molar-refractivity contribution is 0.354. The maximum atomic E-state index is 5.24. The predicted octanol–water partition coefficient (Wildman–Crippen LogP) is 1.37. The van der Waals surface area contributed by atoms with Gasteiger partial charge in [-0.15, -0.1) is 0 Å². The molecule has 80 valence electrons. The third kappa shape index (κ3) is 1.89. The van der Waals surface area contributed by atoms with Crippen LogP contribution in [0.25, 0.3) is 0 Å². The average Bonchev–Trinajstić information content (AvgIpc) is 2.81. The van der Waals surface area contributed by atoms with Gasteiger partial charge in [0.05, 0.1) is 20.3 Å². The summed E-state index contributed by atoms with van der Waals surface area (Å²) in [4.78, 5) is 0. The molecular weight excluding hydrogens is 192 g/mol. The van der Waals surface area contributed by atoms with Gasteiger partial charge in [-0.2, -0.15) is 0 Å². The first-order chi connectivity index (χ1) is 7.35. The van der Waals surface area contributed by atoms with Gasteiger partial charge < -0.3 is 14.9 Å². The van der Waals surface area contributed by atoms with E-state index in [0.717, 1.165) is 17.1 Å². The molecule has 1 heterocycles. The Balaban J connectivity index is 2.29. The lowest BCUT2D eigenvalue weighted by Crippen LogP contribution is -2.24. The van der Waals surface area contributed by atoms with Gasteiger partial charge >= 0.3 is 0 Å². The van der Waals surface area contributed by atoms with Crippen molar-refractivity contribution >= 4 is 0 Å². The van der Waals surface area contributed by atoms with Crippen molar-refractivity contribution in [2.24, 2.45) is 0 Å². The summed E-state index contributed by atoms with van der Waals surface area (Å²) in [6.45, 7) is 0. The van der Waals surface area contributed by atoms with Gasteiger partial charge in [-0.25, -0.2) is 5.43 Å². The minimum absolute atomic E-state index is 0.185. The standard InChI is InChI=1S/C11H14N2O2/c1-14-10-4-3-8(7-11(10)15-2)9-5-6-12-13-9/h3-7,9,12-13H,1-2H3. The second kappa shape index (κ2) is 4.23. The van der Waals surface area contributed by atoms with Crippen LogP contribution in [0.1, 0.15) is 11.6 Å². The van der Waals surface area contributed by atoms with E-state index in [4.69, 9.17) is 9.47 Å². The van der Waals surface area contributed by atoms with Gasteiger partial charge in [-0.05, 0) is 23.8 Å². The van der Waals surface area contributed by atoms with Crippen LogP contribution in [0.3, 0.4) is 0 Å². The van der Waals surface area contributed by atoms with Crippen LogP contribution in [0.15, 0.2) is 30.5 Å². The molecule has 1 aromatic rings. The molecule has 0 amide bonds. The Bertz CT molecular complexity index is 377. The Labute approximate surface area is 88.9 Å². The van der Waals surface area contributed by atoms with Crippen molar-refractivity contribution in [2.75, 3.05) is 14.2 Å². The Morgan fingerprint density at radius 2 is 1.93 bits per heavy atom. The SMILES string of the molecule is COc1ccc(C2C=CNN2)cc1OC. The lowest BCUT2D eigenvalue weighted by Gasteiger charge is -2.13. The molecule has 0 fully saturated rings. The van der Waals surface area contributed by atoms with Crippen LogP contribution in [0.4, 0.5) is 0 Å². The first-order valence-electron chi connectivity index (χ1n) is 4.75. The maximum Gasteiger partial charge on any atom is 0.161 e. The zero-order valence-corrected chi connectivity index (χ0v) is 8.78. The van der Waals surface area contributed by atoms with Crippen molar-refractivity contribution in [2.45, 2.75) is 6.04 Å². The smallest absolute Gasteiger partial charge is 0.161 e. The van der Waals surface area contributed by atoms with Gasteiger partial charge in [-0.3, -0.25) is 0 Å². The molecule has 1 aliphatic rings. The van der Waals surface area contributed by atoms with Crippen LogP contribution < -0.4 is 20.3 Å². The zero-order chi connectivity index (χ0) is 10.7. The van der Waals surface area contributed by atoms with E-state index in [1.807, 2.05) is 30.5 Å². The number of hydrogen-bond acceptors (Lipinski definition) is 4. The summed E-state index contributed by atoms with van der Waals surface area (Å²) in [7, 11) is 3.27. The van der Waals surface area contributed by atoms with Gasteiger partial charge in [0.2, 0.25) is 0 Å². The van der Waals surface area contributed by atoms with Gasteiger partial charge in [0.15, 0.2) is 11.5 Å². The third-order valence-corrected chi connectivity index (χ3v) is 2.38. The second-order valence-electron chi connectivity index (χ2n) is 3.24. The summed E-state index contributed by atoms with van der Waals surface area (Å²) in [5, 5.41) is 0. The quantitative estimate of drug-likeness (QED) is 0.783. The molecule has 1 aromatic carbocycles. The van der Waals surface area contributed by atoms with E-state index in [-0.39, 0.29) is 6.04 Å². The fourth-order valence-electron chi connectivity index (χ4n) is 1.57. The van der Waals surface area contributed by atoms with Gasteiger partial charge in [0.1, 0.15) is 0 Å². The molecule has 0 saturated carbocycles. The van der Waals surface area contributed by atoms with Crippen LogP contribution in [0.2, 0.25) is 0 Å². The minimum Gasteiger partial charge on any atom is -0.493 e. The summed E-state index contributed by atoms with van der Waals surface area (Å²) in [5.74, 6) is 1.49. The highest BCUT2D eigenvalue weighted by atomic mass is 16.5. The molecule has 2 N–H and O–H groups in total. The molecule has 15 heavy (non-hydrogen) atoms. The zero-order valence-electron chi connectivity index (χ0n) is 8.78. The summed E-state index contributed by atoms with van der Waals surface area (Å²) in [6, 6.07) is 6.07. The van der Waals surface area contributed by atoms with Crippen molar-refractivity contribution in [1.29, 1.82) is 0 Å². The molecule has 4 heteroatoms. The average molecular weight is 206 g/mol. The van der Waals surface area contributed by atoms with Crippen molar-refractivity contribution < 1.29 is 9.47 Å². The molecule has 0 aliphatic carbocycles. The summed E-state index contributed by atoms with van der Waals surface area (Å²) >= 11 is 0. The number of nitrogens with one attached hydrogen (secondary N) is 2. The highest BCUT2D eigenvalue weighted by Gasteiger charge is 2.13. The number of rotatable bonds is 3. The van der Waals surface area contributed by atoms with Crippen LogP contribution in [0, 0.1) is 0 Å². The molecule has 4 nitrogen and oxygen atoms in total. The van der Waals surface area contributed by atoms with Crippen molar-refractivity contribution in [1.82, 2.24) is 10.9 Å². The van der Waals surface area contributed by atoms with E-state index in [9.17, 15) is 0 Å². The molecular formula is C11H14N2O2. The fourth-order valence-corrected chi connectivity index (χ4v) is 1.57. The first-order valence-corrected chi connectivity index (χ1v) is 4.75. The number of hydrazine groups is 1. The Morgan fingerprint density at radius 3 is 2.53 bits per heavy atom. The molecule has 1 unspecified atom stereocenters. The van der Waals surface area contributed by atoms with Gasteiger partial charge in [-0.1, -0.05) is 6.07 Å². The van der Waals surface area contributed by atoms with Crippen LogP contribution in [0.5, 0.6) is 11.5 Å². The Hall–Kier alpha value is -1.68. The van der Waals surface area contributed by atoms with Crippen molar-refractivity contribution in [3.05, 3.63) is 36.0 Å². The number of methoxy groups -OCH3 is 2. The minimum atomic E-state index is 0.185. The van der Waals surface area contributed by atoms with E-state index in [2.05, 4.69) is 10.9 Å². The highest BCUT2D eigenvalue weighted by molar-refractivity contribution is 5.44. The highest BCUT2D eigenvalue weighted by Crippen LogP contribution is 2.30. The first kappa shape index (κ1) is 9.86. The summed E-state index contributed by atoms with van der Waals surface area (Å²) in [5.41, 5.74) is 7.17. The molecule has 0 bridgehead atoms. The van der Waals surface area contributed by atoms with Gasteiger partial charge in [0, 0.05) is 6.20 Å². The molecule has 0 spiro atoms. The number of benzene rings is 1. The van der Waals surface area contributed by atoms with E-state index < -0.39 is 0 Å². The van der Waals surface area contributed by atoms with E-state index >= 15 is 0 Å². The van der Waals surface area contributed by atoms with Crippen molar-refractivity contribution in [3.8, 4) is 11.5 Å². The second-order valence-corrected chi connectivity index (χ2v) is 3.24. The normalized spacial score (nSPS) is 18.7. The van der Waals surface area contributed by atoms with Crippen LogP contribution in [-0.4, -0.2) is 14.2 Å². The molecule has 1 aliphatic heterocycles. The molecule has 2 rings (SSSR count). The fraction of sp³-hybridized carbons (Fsp3) is 0.273. The van der Waals surface area contributed by atoms with Crippen LogP contribution in [-0.2, 0) is 0 Å². The molecule has 0 saturated heterocycles. The Morgan fingerprint density at radius 1 is 1.13 bits per heavy atom. The third-order valence-electron chi connectivity index (χ3n) is 2.38. The van der Waals surface area contributed by atoms with E-state index in [0.29, 0.717) is 0 Å². The molecule has 1 atom stereocenters. The maximum absolute atomic E-state index is 5.24. The lowest BCUT2D eigenvalue weighted by atomic mass is 10.1. The topological polar surface area (TPSA) is 42.5 Å². The summed E-state index contributed by atoms with van der Waals surface area (Å²) < 4.78 is 10.4. The van der Waals surface area contributed by atoms with Crippen LogP contribution >= 0.6 is 0 Å². The molecule has 0 radical (unpaired) electrons. The van der Waals surface area contributed by atoms with Gasteiger partial charge in [0.25, 0.3) is 0 Å². The van der Waals surface area contributed by atoms with Crippen molar-refractivity contribution in [3.63, 3.8) is 0 Å². The molecule has 0 aromatic heterocycles. The predicted molar refractivity (Wildman–Crippen MR) is 57.7 cm³/mol. The summed E-state index contributed by atoms with van der Waals surface area (Å²) in [6.07, 6.45) is 3.92. The largest absolute Gasteiger partial charge is 0.493 e. The number of hydrogen-bond donors (Lipinski definition) is 2. The van der Waals surface area contributed by atoms with E-state index in [1.165, 1.54) is 0 Å². The monoisotopic (exact) mass is 206 g/mol.